The molecule has 0 radical (unpaired) electrons. The fraction of sp³-hybridized carbons (Fsp3) is 0.421. The molecule has 6 heteroatoms. The molecule has 0 saturated heterocycles. The molecule has 0 saturated carbocycles. The molecule has 25 heavy (non-hydrogen) atoms. The second kappa shape index (κ2) is 9.48. The van der Waals surface area contributed by atoms with Crippen LogP contribution in [0.5, 0.6) is 0 Å². The first-order valence-corrected chi connectivity index (χ1v) is 8.69. The van der Waals surface area contributed by atoms with Crippen LogP contribution in [0, 0.1) is 11.3 Å². The monoisotopic (exact) mass is 339 g/mol. The molecule has 0 aliphatic rings. The van der Waals surface area contributed by atoms with Crippen molar-refractivity contribution in [1.82, 2.24) is 15.8 Å². The average molecular weight is 339 g/mol. The Morgan fingerprint density at radius 3 is 2.52 bits per heavy atom. The minimum atomic E-state index is 0.548. The van der Waals surface area contributed by atoms with Gasteiger partial charge in [-0.25, -0.2) is 4.99 Å². The Morgan fingerprint density at radius 1 is 1.16 bits per heavy atom. The number of hydrogen-bond acceptors (Lipinski definition) is 4. The van der Waals surface area contributed by atoms with Crippen LogP contribution in [0.25, 0.3) is 0 Å². The number of nitriles is 1. The van der Waals surface area contributed by atoms with E-state index in [1.165, 1.54) is 0 Å². The highest BCUT2D eigenvalue weighted by atomic mass is 16.5. The zero-order chi connectivity index (χ0) is 18.1. The van der Waals surface area contributed by atoms with Crippen molar-refractivity contribution in [2.24, 2.45) is 4.99 Å². The van der Waals surface area contributed by atoms with Gasteiger partial charge in [-0.05, 0) is 31.0 Å². The Morgan fingerprint density at radius 2 is 1.92 bits per heavy atom. The minimum absolute atomic E-state index is 0.548. The molecule has 2 aromatic rings. The van der Waals surface area contributed by atoms with Crippen LogP contribution in [0.1, 0.15) is 48.9 Å². The molecule has 132 valence electrons. The van der Waals surface area contributed by atoms with Gasteiger partial charge in [-0.1, -0.05) is 31.1 Å². The molecule has 0 aliphatic carbocycles. The second-order valence-electron chi connectivity index (χ2n) is 5.60. The summed E-state index contributed by atoms with van der Waals surface area (Å²) in [5.74, 6) is 1.67. The van der Waals surface area contributed by atoms with Gasteiger partial charge in [0, 0.05) is 25.1 Å². The largest absolute Gasteiger partial charge is 0.361 e. The summed E-state index contributed by atoms with van der Waals surface area (Å²) in [5.41, 5.74) is 3.83. The highest BCUT2D eigenvalue weighted by molar-refractivity contribution is 5.79. The zero-order valence-electron chi connectivity index (χ0n) is 15.1. The van der Waals surface area contributed by atoms with Gasteiger partial charge in [-0.15, -0.1) is 0 Å². The molecule has 2 rings (SSSR count). The first-order valence-electron chi connectivity index (χ1n) is 8.69. The molecule has 1 aromatic carbocycles. The van der Waals surface area contributed by atoms with E-state index in [2.05, 4.69) is 40.7 Å². The molecule has 0 amide bonds. The van der Waals surface area contributed by atoms with E-state index < -0.39 is 0 Å². The highest BCUT2D eigenvalue weighted by Crippen LogP contribution is 2.15. The Bertz CT molecular complexity index is 719. The third-order valence-corrected chi connectivity index (χ3v) is 3.89. The van der Waals surface area contributed by atoms with Gasteiger partial charge in [0.15, 0.2) is 5.96 Å². The van der Waals surface area contributed by atoms with Crippen molar-refractivity contribution in [3.63, 3.8) is 0 Å². The maximum Gasteiger partial charge on any atom is 0.191 e. The smallest absolute Gasteiger partial charge is 0.191 e. The number of aliphatic imine (C=N–C) groups is 1. The van der Waals surface area contributed by atoms with Crippen LogP contribution in [0.4, 0.5) is 0 Å². The molecule has 0 fully saturated rings. The van der Waals surface area contributed by atoms with Crippen LogP contribution in [0.15, 0.2) is 33.8 Å². The maximum absolute atomic E-state index is 8.85. The van der Waals surface area contributed by atoms with E-state index in [9.17, 15) is 0 Å². The molecule has 2 N–H and O–H groups in total. The summed E-state index contributed by atoms with van der Waals surface area (Å²) in [6.07, 6.45) is 1.67. The van der Waals surface area contributed by atoms with Crippen molar-refractivity contribution in [3.8, 4) is 6.07 Å². The number of rotatable bonds is 7. The van der Waals surface area contributed by atoms with E-state index in [0.29, 0.717) is 18.7 Å². The topological polar surface area (TPSA) is 86.2 Å². The number of aryl methyl sites for hydroxylation is 2. The third-order valence-electron chi connectivity index (χ3n) is 3.89. The number of guanidine groups is 1. The predicted octanol–water partition coefficient (Wildman–Crippen LogP) is 2.93. The van der Waals surface area contributed by atoms with Crippen molar-refractivity contribution in [3.05, 3.63) is 52.4 Å². The summed E-state index contributed by atoms with van der Waals surface area (Å²) in [4.78, 5) is 4.61. The Balaban J connectivity index is 2.04. The van der Waals surface area contributed by atoms with Gasteiger partial charge in [0.1, 0.15) is 5.76 Å². The van der Waals surface area contributed by atoms with Crippen LogP contribution in [-0.4, -0.2) is 17.7 Å². The van der Waals surface area contributed by atoms with E-state index in [1.807, 2.05) is 31.2 Å². The van der Waals surface area contributed by atoms with Crippen molar-refractivity contribution in [2.45, 2.75) is 46.7 Å². The zero-order valence-corrected chi connectivity index (χ0v) is 15.1. The highest BCUT2D eigenvalue weighted by Gasteiger charge is 2.13. The van der Waals surface area contributed by atoms with Gasteiger partial charge in [-0.3, -0.25) is 0 Å². The number of benzene rings is 1. The fourth-order valence-corrected chi connectivity index (χ4v) is 2.51. The number of hydrogen-bond donors (Lipinski definition) is 2. The Kier molecular flexibility index (Phi) is 7.02. The predicted molar refractivity (Wildman–Crippen MR) is 98.1 cm³/mol. The Labute approximate surface area is 148 Å². The lowest BCUT2D eigenvalue weighted by molar-refractivity contribution is 0.380. The maximum atomic E-state index is 8.85. The van der Waals surface area contributed by atoms with E-state index in [4.69, 9.17) is 9.78 Å². The summed E-state index contributed by atoms with van der Waals surface area (Å²) >= 11 is 0. The standard InChI is InChI=1S/C19H25N5O/c1-4-17-16(18(5-2)25-24-17)13-23-19(21-6-3)22-12-15-9-7-14(11-20)8-10-15/h7-10H,4-6,12-13H2,1-3H3,(H2,21,22,23). The minimum Gasteiger partial charge on any atom is -0.361 e. The first kappa shape index (κ1) is 18.5. The second-order valence-corrected chi connectivity index (χ2v) is 5.60. The van der Waals surface area contributed by atoms with Gasteiger partial charge >= 0.3 is 0 Å². The van der Waals surface area contributed by atoms with Crippen LogP contribution in [-0.2, 0) is 25.9 Å². The van der Waals surface area contributed by atoms with Crippen molar-refractivity contribution >= 4 is 5.96 Å². The fourth-order valence-electron chi connectivity index (χ4n) is 2.51. The van der Waals surface area contributed by atoms with Gasteiger partial charge in [-0.2, -0.15) is 5.26 Å². The third kappa shape index (κ3) is 5.08. The van der Waals surface area contributed by atoms with Crippen LogP contribution in [0.2, 0.25) is 0 Å². The van der Waals surface area contributed by atoms with E-state index in [0.717, 1.165) is 47.9 Å². The molecule has 0 spiro atoms. The molecule has 0 bridgehead atoms. The molecule has 6 nitrogen and oxygen atoms in total. The van der Waals surface area contributed by atoms with Gasteiger partial charge in [0.05, 0.1) is 23.9 Å². The van der Waals surface area contributed by atoms with Crippen molar-refractivity contribution in [1.29, 1.82) is 5.26 Å². The summed E-state index contributed by atoms with van der Waals surface area (Å²) in [6.45, 7) is 8.14. The van der Waals surface area contributed by atoms with Gasteiger partial charge < -0.3 is 15.2 Å². The first-order chi connectivity index (χ1) is 12.2. The van der Waals surface area contributed by atoms with E-state index in [1.54, 1.807) is 0 Å². The summed E-state index contributed by atoms with van der Waals surface area (Å²) in [6, 6.07) is 9.59. The number of aromatic nitrogens is 1. The molecular weight excluding hydrogens is 314 g/mol. The van der Waals surface area contributed by atoms with Gasteiger partial charge in [0.2, 0.25) is 0 Å². The van der Waals surface area contributed by atoms with Crippen molar-refractivity contribution in [2.75, 3.05) is 6.54 Å². The van der Waals surface area contributed by atoms with E-state index in [-0.39, 0.29) is 0 Å². The van der Waals surface area contributed by atoms with E-state index >= 15 is 0 Å². The molecular formula is C19H25N5O. The number of nitrogens with zero attached hydrogens (tertiary/aromatic N) is 3. The lowest BCUT2D eigenvalue weighted by Crippen LogP contribution is -2.37. The van der Waals surface area contributed by atoms with Gasteiger partial charge in [0.25, 0.3) is 0 Å². The summed E-state index contributed by atoms with van der Waals surface area (Å²) in [5, 5.41) is 19.6. The summed E-state index contributed by atoms with van der Waals surface area (Å²) in [7, 11) is 0. The van der Waals surface area contributed by atoms with Crippen LogP contribution >= 0.6 is 0 Å². The quantitative estimate of drug-likeness (QED) is 0.598. The normalized spacial score (nSPS) is 11.2. The molecule has 1 aromatic heterocycles. The van der Waals surface area contributed by atoms with Crippen LogP contribution < -0.4 is 10.6 Å². The number of nitrogens with one attached hydrogen (secondary N) is 2. The Hall–Kier alpha value is -2.81. The lowest BCUT2D eigenvalue weighted by atomic mass is 10.1. The molecule has 0 aliphatic heterocycles. The SMILES string of the molecule is CCNC(=NCc1ccc(C#N)cc1)NCc1c(CC)noc1CC. The molecule has 0 atom stereocenters. The lowest BCUT2D eigenvalue weighted by Gasteiger charge is -2.11. The molecule has 1 heterocycles. The van der Waals surface area contributed by atoms with Crippen LogP contribution in [0.3, 0.4) is 0 Å². The molecule has 0 unspecified atom stereocenters. The van der Waals surface area contributed by atoms with Crippen molar-refractivity contribution < 1.29 is 4.52 Å². The summed E-state index contributed by atoms with van der Waals surface area (Å²) < 4.78 is 5.40. The average Bonchev–Trinajstić information content (AvgIpc) is 3.06.